The van der Waals surface area contributed by atoms with Gasteiger partial charge in [0, 0.05) is 60.8 Å². The molecule has 50 heavy (non-hydrogen) atoms. The summed E-state index contributed by atoms with van der Waals surface area (Å²) >= 11 is 1.78. The van der Waals surface area contributed by atoms with Crippen LogP contribution in [-0.2, 0) is 36.7 Å². The average molecular weight is 868 g/mol. The number of carbonyl (C=O) groups is 1. The molecule has 3 heterocycles. The van der Waals surface area contributed by atoms with Crippen molar-refractivity contribution in [3.05, 3.63) is 102 Å². The summed E-state index contributed by atoms with van der Waals surface area (Å²) < 4.78 is 3.23. The van der Waals surface area contributed by atoms with Crippen molar-refractivity contribution in [2.24, 2.45) is 17.8 Å². The van der Waals surface area contributed by atoms with Crippen LogP contribution in [-0.4, -0.2) is 15.9 Å². The molecular weight excluding hydrogens is 813 g/mol. The number of aromatic nitrogens is 2. The van der Waals surface area contributed by atoms with Crippen molar-refractivity contribution in [1.82, 2.24) is 4.98 Å². The minimum absolute atomic E-state index is 0. The number of hydrogen-bond acceptors (Lipinski definition) is 4. The Bertz CT molecular complexity index is 1910. The van der Waals surface area contributed by atoms with Gasteiger partial charge in [0.1, 0.15) is 5.69 Å². The monoisotopic (exact) mass is 868 g/mol. The Balaban J connectivity index is 0.000000361. The predicted octanol–water partition coefficient (Wildman–Crippen LogP) is 11.9. The smallest absolute Gasteiger partial charge is 0.162 e. The van der Waals surface area contributed by atoms with Gasteiger partial charge in [0.25, 0.3) is 0 Å². The van der Waals surface area contributed by atoms with E-state index < -0.39 is 0 Å². The fourth-order valence-corrected chi connectivity index (χ4v) is 7.26. The Labute approximate surface area is 318 Å². The van der Waals surface area contributed by atoms with Gasteiger partial charge in [0.2, 0.25) is 0 Å². The Kier molecular flexibility index (Phi) is 15.0. The summed E-state index contributed by atoms with van der Waals surface area (Å²) in [7, 11) is 4.28. The number of pyridine rings is 2. The summed E-state index contributed by atoms with van der Waals surface area (Å²) in [6.07, 6.45) is 7.92. The topological polar surface area (TPSA) is 54.1 Å². The largest absolute Gasteiger partial charge is 0.512 e. The van der Waals surface area contributed by atoms with Crippen molar-refractivity contribution < 1.29 is 34.6 Å². The van der Waals surface area contributed by atoms with E-state index in [0.29, 0.717) is 5.92 Å². The number of hydrogen-bond donors (Lipinski definition) is 1. The molecule has 0 atom stereocenters. The first-order valence-corrected chi connectivity index (χ1v) is 18.8. The molecule has 0 saturated heterocycles. The number of thiophene rings is 1. The molecule has 0 fully saturated rings. The van der Waals surface area contributed by atoms with E-state index in [1.807, 2.05) is 38.5 Å². The number of ketones is 1. The maximum absolute atomic E-state index is 11.7. The van der Waals surface area contributed by atoms with E-state index in [9.17, 15) is 9.90 Å². The number of rotatable bonds is 11. The molecule has 0 aliphatic carbocycles. The minimum Gasteiger partial charge on any atom is -0.512 e. The zero-order chi connectivity index (χ0) is 35.9. The van der Waals surface area contributed by atoms with Crippen molar-refractivity contribution in [3.63, 3.8) is 0 Å². The molecule has 1 N–H and O–H groups in total. The second kappa shape index (κ2) is 18.3. The van der Waals surface area contributed by atoms with Crippen LogP contribution in [0, 0.1) is 30.9 Å². The summed E-state index contributed by atoms with van der Waals surface area (Å²) in [5, 5.41) is 15.6. The van der Waals surface area contributed by atoms with E-state index in [4.69, 9.17) is 4.98 Å². The number of allylic oxidation sites excluding steroid dienone is 2. The van der Waals surface area contributed by atoms with Crippen LogP contribution < -0.4 is 4.57 Å². The summed E-state index contributed by atoms with van der Waals surface area (Å²) in [5.74, 6) is 1.10. The zero-order valence-corrected chi connectivity index (χ0v) is 34.6. The quantitative estimate of drug-likeness (QED) is 0.0623. The number of aliphatic hydroxyl groups excluding tert-OH is 1. The van der Waals surface area contributed by atoms with Gasteiger partial charge in [-0.3, -0.25) is 9.78 Å². The summed E-state index contributed by atoms with van der Waals surface area (Å²) in [6.45, 7) is 19.4. The van der Waals surface area contributed by atoms with E-state index >= 15 is 0 Å². The number of aliphatic hydroxyl groups is 1. The zero-order valence-electron chi connectivity index (χ0n) is 31.4. The molecule has 4 nitrogen and oxygen atoms in total. The van der Waals surface area contributed by atoms with Gasteiger partial charge in [0.15, 0.2) is 5.78 Å². The van der Waals surface area contributed by atoms with Crippen LogP contribution >= 0.6 is 11.3 Å². The van der Waals surface area contributed by atoms with Gasteiger partial charge in [-0.15, -0.1) is 40.5 Å². The summed E-state index contributed by atoms with van der Waals surface area (Å²) in [5.41, 5.74) is 6.74. The second-order valence-corrected chi connectivity index (χ2v) is 15.5. The molecule has 5 aromatic rings. The maximum Gasteiger partial charge on any atom is 0.162 e. The predicted molar refractivity (Wildman–Crippen MR) is 209 cm³/mol. The van der Waals surface area contributed by atoms with Crippen LogP contribution in [0.1, 0.15) is 99.3 Å². The number of benzene rings is 2. The van der Waals surface area contributed by atoms with E-state index in [1.54, 1.807) is 11.3 Å². The molecule has 0 saturated carbocycles. The van der Waals surface area contributed by atoms with Gasteiger partial charge < -0.3 is 9.67 Å². The summed E-state index contributed by atoms with van der Waals surface area (Å²) in [4.78, 5) is 16.8. The van der Waals surface area contributed by atoms with Gasteiger partial charge in [-0.05, 0) is 78.6 Å². The molecule has 0 amide bonds. The molecule has 269 valence electrons. The van der Waals surface area contributed by atoms with E-state index in [1.165, 1.54) is 32.8 Å². The third-order valence-corrected chi connectivity index (χ3v) is 10.3. The molecule has 0 spiro atoms. The Hall–Kier alpha value is -3.31. The SMILES string of the molecule is CCC(CC)C(=O)/C=C(\O)C(CC)CC.[CH2-][n+]1ccc(-c2cc3sccc3c(CC(C)C)n2)cc1-c1[c-]c2ccccc2c(C(C)(C)C)c1.[Ir]. The van der Waals surface area contributed by atoms with Crippen LogP contribution in [0.25, 0.3) is 43.4 Å². The molecule has 0 aliphatic heterocycles. The average Bonchev–Trinajstić information content (AvgIpc) is 3.54. The van der Waals surface area contributed by atoms with E-state index in [-0.39, 0.29) is 48.9 Å². The molecule has 0 unspecified atom stereocenters. The van der Waals surface area contributed by atoms with Gasteiger partial charge >= 0.3 is 0 Å². The Morgan fingerprint density at radius 3 is 2.24 bits per heavy atom. The standard InChI is InChI=1S/C31H31N2S.C13H24O2.Ir/c1-20(2)15-28-25-12-14-34-30(25)19-27(32-28)22-11-13-33(6)29(18-22)23-16-21-9-7-8-10-24(21)26(17-23)31(3,4)5;1-5-10(6-2)12(14)9-13(15)11(7-3)8-4;/h7-14,17-20H,6,15H2,1-5H3;9-11,14H,5-8H2,1-4H3;/q-1;;/b;12-9-;. The van der Waals surface area contributed by atoms with E-state index in [0.717, 1.165) is 60.0 Å². The Morgan fingerprint density at radius 1 is 0.960 bits per heavy atom. The Morgan fingerprint density at radius 2 is 1.62 bits per heavy atom. The van der Waals surface area contributed by atoms with Crippen molar-refractivity contribution in [2.75, 3.05) is 0 Å². The first kappa shape index (κ1) is 41.1. The maximum atomic E-state index is 11.7. The third-order valence-electron chi connectivity index (χ3n) is 9.40. The van der Waals surface area contributed by atoms with Crippen molar-refractivity contribution >= 4 is 38.0 Å². The van der Waals surface area contributed by atoms with Crippen LogP contribution in [0.15, 0.2) is 78.0 Å². The van der Waals surface area contributed by atoms with Gasteiger partial charge in [-0.25, -0.2) is 0 Å². The van der Waals surface area contributed by atoms with Crippen LogP contribution in [0.5, 0.6) is 0 Å². The number of nitrogens with zero attached hydrogens (tertiary/aromatic N) is 2. The van der Waals surface area contributed by atoms with Crippen molar-refractivity contribution in [1.29, 1.82) is 0 Å². The third kappa shape index (κ3) is 9.93. The van der Waals surface area contributed by atoms with Crippen LogP contribution in [0.3, 0.4) is 0 Å². The first-order chi connectivity index (χ1) is 23.3. The fourth-order valence-electron chi connectivity index (χ4n) is 6.41. The molecular formula is C44H55IrN2O2S-. The van der Waals surface area contributed by atoms with Crippen molar-refractivity contribution in [3.8, 4) is 22.5 Å². The number of fused-ring (bicyclic) bond motifs is 2. The fraction of sp³-hybridized carbons (Fsp3) is 0.409. The van der Waals surface area contributed by atoms with Crippen molar-refractivity contribution in [2.45, 2.75) is 99.8 Å². The molecule has 3 aromatic heterocycles. The minimum atomic E-state index is 0. The first-order valence-electron chi connectivity index (χ1n) is 17.9. The molecule has 6 heteroatoms. The normalized spacial score (nSPS) is 12.0. The summed E-state index contributed by atoms with van der Waals surface area (Å²) in [6, 6.07) is 23.2. The second-order valence-electron chi connectivity index (χ2n) is 14.5. The van der Waals surface area contributed by atoms with Crippen LogP contribution in [0.2, 0.25) is 0 Å². The van der Waals surface area contributed by atoms with Crippen LogP contribution in [0.4, 0.5) is 0 Å². The van der Waals surface area contributed by atoms with Gasteiger partial charge in [-0.2, -0.15) is 0 Å². The molecule has 0 bridgehead atoms. The molecule has 0 aliphatic rings. The van der Waals surface area contributed by atoms with E-state index in [2.05, 4.69) is 108 Å². The molecule has 2 aromatic carbocycles. The molecule has 5 rings (SSSR count). The molecule has 1 radical (unpaired) electrons. The number of carbonyl (C=O) groups excluding carboxylic acids is 1. The van der Waals surface area contributed by atoms with Gasteiger partial charge in [0.05, 0.1) is 17.6 Å². The van der Waals surface area contributed by atoms with Gasteiger partial charge in [-0.1, -0.05) is 91.5 Å².